The van der Waals surface area contributed by atoms with E-state index in [1.165, 1.54) is 6.07 Å². The molecular formula is C7H4BrClFNO. The van der Waals surface area contributed by atoms with E-state index in [1.54, 1.807) is 0 Å². The SMILES string of the molecule is NC(=O)c1cc(F)c(Br)c(Cl)c1. The average molecular weight is 252 g/mol. The molecule has 0 aromatic heterocycles. The first-order valence-electron chi connectivity index (χ1n) is 2.96. The number of benzene rings is 1. The van der Waals surface area contributed by atoms with Crippen molar-refractivity contribution in [1.82, 2.24) is 0 Å². The molecule has 1 rings (SSSR count). The van der Waals surface area contributed by atoms with E-state index < -0.39 is 11.7 Å². The maximum Gasteiger partial charge on any atom is 0.248 e. The number of carbonyl (C=O) groups excluding carboxylic acids is 1. The molecule has 0 aliphatic rings. The summed E-state index contributed by atoms with van der Waals surface area (Å²) in [4.78, 5) is 10.6. The number of nitrogens with two attached hydrogens (primary N) is 1. The van der Waals surface area contributed by atoms with Gasteiger partial charge in [-0.05, 0) is 28.1 Å². The van der Waals surface area contributed by atoms with E-state index in [1.807, 2.05) is 0 Å². The Morgan fingerprint density at radius 1 is 1.58 bits per heavy atom. The molecule has 1 aromatic rings. The van der Waals surface area contributed by atoms with Crippen LogP contribution in [-0.2, 0) is 0 Å². The lowest BCUT2D eigenvalue weighted by atomic mass is 10.2. The molecule has 0 heterocycles. The highest BCUT2D eigenvalue weighted by molar-refractivity contribution is 9.10. The van der Waals surface area contributed by atoms with E-state index in [2.05, 4.69) is 15.9 Å². The van der Waals surface area contributed by atoms with Gasteiger partial charge in [0.1, 0.15) is 5.82 Å². The second-order valence-electron chi connectivity index (χ2n) is 2.12. The first-order valence-corrected chi connectivity index (χ1v) is 4.14. The fourth-order valence-electron chi connectivity index (χ4n) is 0.698. The Hall–Kier alpha value is -0.610. The average Bonchev–Trinajstić information content (AvgIpc) is 1.99. The van der Waals surface area contributed by atoms with Crippen molar-refractivity contribution in [2.24, 2.45) is 5.73 Å². The largest absolute Gasteiger partial charge is 0.366 e. The molecule has 0 fully saturated rings. The van der Waals surface area contributed by atoms with Crippen LogP contribution < -0.4 is 5.73 Å². The molecule has 64 valence electrons. The smallest absolute Gasteiger partial charge is 0.248 e. The molecule has 0 saturated carbocycles. The van der Waals surface area contributed by atoms with Crippen LogP contribution >= 0.6 is 27.5 Å². The summed E-state index contributed by atoms with van der Waals surface area (Å²) >= 11 is 8.47. The van der Waals surface area contributed by atoms with E-state index >= 15 is 0 Å². The molecule has 0 saturated heterocycles. The molecule has 0 aliphatic heterocycles. The molecule has 0 atom stereocenters. The van der Waals surface area contributed by atoms with Crippen LogP contribution in [0.4, 0.5) is 4.39 Å². The third-order valence-electron chi connectivity index (χ3n) is 1.27. The lowest BCUT2D eigenvalue weighted by Crippen LogP contribution is -2.11. The maximum absolute atomic E-state index is 12.9. The van der Waals surface area contributed by atoms with Gasteiger partial charge in [0.25, 0.3) is 0 Å². The minimum absolute atomic E-state index is 0.0562. The molecule has 0 spiro atoms. The Bertz CT molecular complexity index is 319. The minimum Gasteiger partial charge on any atom is -0.366 e. The van der Waals surface area contributed by atoms with Gasteiger partial charge in [-0.2, -0.15) is 0 Å². The summed E-state index contributed by atoms with van der Waals surface area (Å²) < 4.78 is 13.0. The minimum atomic E-state index is -0.705. The van der Waals surface area contributed by atoms with Gasteiger partial charge in [-0.15, -0.1) is 0 Å². The zero-order chi connectivity index (χ0) is 9.30. The van der Waals surface area contributed by atoms with Gasteiger partial charge in [-0.3, -0.25) is 4.79 Å². The lowest BCUT2D eigenvalue weighted by molar-refractivity contribution is 0.1000. The second-order valence-corrected chi connectivity index (χ2v) is 3.32. The number of amides is 1. The number of primary amides is 1. The maximum atomic E-state index is 12.9. The predicted molar refractivity (Wildman–Crippen MR) is 47.6 cm³/mol. The van der Waals surface area contributed by atoms with Crippen LogP contribution in [0.15, 0.2) is 16.6 Å². The molecule has 5 heteroatoms. The normalized spacial score (nSPS) is 9.92. The Morgan fingerprint density at radius 3 is 2.58 bits per heavy atom. The van der Waals surface area contributed by atoms with Crippen molar-refractivity contribution in [3.63, 3.8) is 0 Å². The van der Waals surface area contributed by atoms with E-state index in [-0.39, 0.29) is 15.1 Å². The van der Waals surface area contributed by atoms with E-state index in [4.69, 9.17) is 17.3 Å². The molecular weight excluding hydrogens is 248 g/mol. The highest BCUT2D eigenvalue weighted by Gasteiger charge is 2.09. The van der Waals surface area contributed by atoms with Crippen LogP contribution in [0.5, 0.6) is 0 Å². The molecule has 12 heavy (non-hydrogen) atoms. The van der Waals surface area contributed by atoms with Crippen LogP contribution in [0.1, 0.15) is 10.4 Å². The van der Waals surface area contributed by atoms with Crippen LogP contribution in [0.25, 0.3) is 0 Å². The zero-order valence-corrected chi connectivity index (χ0v) is 8.12. The summed E-state index contributed by atoms with van der Waals surface area (Å²) in [5.41, 5.74) is 4.98. The zero-order valence-electron chi connectivity index (χ0n) is 5.77. The summed E-state index contributed by atoms with van der Waals surface area (Å²) in [5, 5.41) is 0.129. The summed E-state index contributed by atoms with van der Waals surface area (Å²) in [7, 11) is 0. The first kappa shape index (κ1) is 9.48. The number of hydrogen-bond acceptors (Lipinski definition) is 1. The Labute approximate surface area is 81.6 Å². The molecule has 2 nitrogen and oxygen atoms in total. The standard InChI is InChI=1S/C7H4BrClFNO/c8-6-4(9)1-3(7(11)12)2-5(6)10/h1-2H,(H2,11,12). The molecule has 0 bridgehead atoms. The van der Waals surface area contributed by atoms with E-state index in [0.29, 0.717) is 0 Å². The van der Waals surface area contributed by atoms with E-state index in [0.717, 1.165) is 6.07 Å². The van der Waals surface area contributed by atoms with Crippen LogP contribution in [0, 0.1) is 5.82 Å². The van der Waals surface area contributed by atoms with Gasteiger partial charge in [0.2, 0.25) is 5.91 Å². The monoisotopic (exact) mass is 251 g/mol. The Kier molecular flexibility index (Phi) is 2.69. The number of halogens is 3. The molecule has 1 amide bonds. The van der Waals surface area contributed by atoms with Crippen molar-refractivity contribution in [2.75, 3.05) is 0 Å². The highest BCUT2D eigenvalue weighted by atomic mass is 79.9. The third-order valence-corrected chi connectivity index (χ3v) is 2.60. The van der Waals surface area contributed by atoms with Crippen molar-refractivity contribution in [3.05, 3.63) is 33.0 Å². The quantitative estimate of drug-likeness (QED) is 0.766. The lowest BCUT2D eigenvalue weighted by Gasteiger charge is -2.00. The van der Waals surface area contributed by atoms with Gasteiger partial charge < -0.3 is 5.73 Å². The van der Waals surface area contributed by atoms with Crippen molar-refractivity contribution in [3.8, 4) is 0 Å². The van der Waals surface area contributed by atoms with Gasteiger partial charge in [-0.25, -0.2) is 4.39 Å². The summed E-state index contributed by atoms with van der Waals surface area (Å²) in [5.74, 6) is -1.31. The van der Waals surface area contributed by atoms with Gasteiger partial charge in [-0.1, -0.05) is 11.6 Å². The van der Waals surface area contributed by atoms with Crippen LogP contribution in [0.2, 0.25) is 5.02 Å². The number of carbonyl (C=O) groups is 1. The molecule has 0 radical (unpaired) electrons. The molecule has 2 N–H and O–H groups in total. The van der Waals surface area contributed by atoms with Crippen molar-refractivity contribution < 1.29 is 9.18 Å². The first-order chi connectivity index (χ1) is 5.52. The summed E-state index contributed by atoms with van der Waals surface area (Å²) in [6.07, 6.45) is 0. The van der Waals surface area contributed by atoms with Crippen LogP contribution in [-0.4, -0.2) is 5.91 Å². The van der Waals surface area contributed by atoms with Crippen molar-refractivity contribution in [1.29, 1.82) is 0 Å². The van der Waals surface area contributed by atoms with Gasteiger partial charge in [0.15, 0.2) is 0 Å². The fraction of sp³-hybridized carbons (Fsp3) is 0. The fourth-order valence-corrected chi connectivity index (χ4v) is 1.13. The third kappa shape index (κ3) is 1.76. The number of hydrogen-bond donors (Lipinski definition) is 1. The van der Waals surface area contributed by atoms with Crippen molar-refractivity contribution in [2.45, 2.75) is 0 Å². The molecule has 0 aliphatic carbocycles. The summed E-state index contributed by atoms with van der Waals surface area (Å²) in [6, 6.07) is 2.33. The topological polar surface area (TPSA) is 43.1 Å². The Morgan fingerprint density at radius 2 is 2.17 bits per heavy atom. The van der Waals surface area contributed by atoms with Crippen LogP contribution in [0.3, 0.4) is 0 Å². The summed E-state index contributed by atoms with van der Waals surface area (Å²) in [6.45, 7) is 0. The Balaban J connectivity index is 3.31. The molecule has 0 unspecified atom stereocenters. The highest BCUT2D eigenvalue weighted by Crippen LogP contribution is 2.26. The number of rotatable bonds is 1. The van der Waals surface area contributed by atoms with Gasteiger partial charge in [0, 0.05) is 5.56 Å². The van der Waals surface area contributed by atoms with Gasteiger partial charge >= 0.3 is 0 Å². The van der Waals surface area contributed by atoms with E-state index in [9.17, 15) is 9.18 Å². The predicted octanol–water partition coefficient (Wildman–Crippen LogP) is 2.34. The second kappa shape index (κ2) is 3.41. The van der Waals surface area contributed by atoms with Crippen molar-refractivity contribution >= 4 is 33.4 Å². The molecule has 1 aromatic carbocycles. The van der Waals surface area contributed by atoms with Gasteiger partial charge in [0.05, 0.1) is 9.50 Å².